The first-order chi connectivity index (χ1) is 10.5. The number of urea groups is 1. The molecule has 112 valence electrons. The van der Waals surface area contributed by atoms with Crippen LogP contribution in [0.4, 0.5) is 27.7 Å². The van der Waals surface area contributed by atoms with Crippen molar-refractivity contribution in [1.82, 2.24) is 4.98 Å². The first kappa shape index (κ1) is 14.8. The average Bonchev–Trinajstić information content (AvgIpc) is 2.48. The number of aromatic nitrogens is 1. The third-order valence-corrected chi connectivity index (χ3v) is 2.54. The molecule has 0 fully saturated rings. The highest BCUT2D eigenvalue weighted by Gasteiger charge is 2.20. The Kier molecular flexibility index (Phi) is 4.22. The van der Waals surface area contributed by atoms with Crippen LogP contribution in [0.2, 0.25) is 0 Å². The van der Waals surface area contributed by atoms with E-state index >= 15 is 0 Å². The maximum absolute atomic E-state index is 11.8. The van der Waals surface area contributed by atoms with Crippen LogP contribution < -0.4 is 10.6 Å². The fourth-order valence-corrected chi connectivity index (χ4v) is 1.60. The summed E-state index contributed by atoms with van der Waals surface area (Å²) in [5.41, 5.74) is -1.18. The van der Waals surface area contributed by atoms with E-state index in [0.717, 1.165) is 18.2 Å². The second-order valence-corrected chi connectivity index (χ2v) is 4.01. The summed E-state index contributed by atoms with van der Waals surface area (Å²) in [5.74, 6) is 0.254. The number of rotatable bonds is 4. The van der Waals surface area contributed by atoms with Crippen molar-refractivity contribution in [3.05, 3.63) is 62.8 Å². The van der Waals surface area contributed by atoms with Crippen LogP contribution in [0.1, 0.15) is 0 Å². The molecule has 10 nitrogen and oxygen atoms in total. The molecule has 2 amide bonds. The molecule has 1 heterocycles. The van der Waals surface area contributed by atoms with Crippen molar-refractivity contribution < 1.29 is 14.6 Å². The van der Waals surface area contributed by atoms with E-state index in [-0.39, 0.29) is 11.5 Å². The zero-order valence-electron chi connectivity index (χ0n) is 10.9. The lowest BCUT2D eigenvalue weighted by Gasteiger charge is -2.07. The van der Waals surface area contributed by atoms with Crippen LogP contribution in [-0.4, -0.2) is 20.9 Å². The molecule has 10 heteroatoms. The third kappa shape index (κ3) is 3.50. The molecule has 0 spiro atoms. The van der Waals surface area contributed by atoms with E-state index in [9.17, 15) is 25.0 Å². The molecule has 1 aromatic heterocycles. The van der Waals surface area contributed by atoms with Crippen LogP contribution in [0.5, 0.6) is 0 Å². The molecule has 0 bridgehead atoms. The smallest absolute Gasteiger partial charge is 0.302 e. The van der Waals surface area contributed by atoms with Crippen molar-refractivity contribution in [2.24, 2.45) is 0 Å². The van der Waals surface area contributed by atoms with Crippen LogP contribution >= 0.6 is 0 Å². The van der Waals surface area contributed by atoms with E-state index in [1.54, 1.807) is 12.1 Å². The molecule has 0 aliphatic carbocycles. The van der Waals surface area contributed by atoms with Crippen molar-refractivity contribution in [3.8, 4) is 0 Å². The van der Waals surface area contributed by atoms with Crippen molar-refractivity contribution in [1.29, 1.82) is 0 Å². The van der Waals surface area contributed by atoms with E-state index in [1.807, 2.05) is 0 Å². The number of nitrogens with one attached hydrogen (secondary N) is 2. The standard InChI is InChI=1S/C12H9N5O5/c18-12(15-11-3-1-2-6-13-11)14-9-5-4-8(16(19)20)7-10(9)17(21)22/h1-7H,(H2,13,14,15,18). The van der Waals surface area contributed by atoms with E-state index in [2.05, 4.69) is 15.6 Å². The fourth-order valence-electron chi connectivity index (χ4n) is 1.60. The Hall–Kier alpha value is -3.56. The number of hydrogen-bond donors (Lipinski definition) is 2. The molecule has 2 rings (SSSR count). The summed E-state index contributed by atoms with van der Waals surface area (Å²) in [5, 5.41) is 26.2. The number of nitro benzene ring substituents is 2. The largest absolute Gasteiger partial charge is 0.325 e. The van der Waals surface area contributed by atoms with Gasteiger partial charge in [-0.1, -0.05) is 6.07 Å². The van der Waals surface area contributed by atoms with Gasteiger partial charge in [0.05, 0.1) is 15.9 Å². The predicted molar refractivity (Wildman–Crippen MR) is 76.6 cm³/mol. The van der Waals surface area contributed by atoms with Gasteiger partial charge in [-0.2, -0.15) is 0 Å². The summed E-state index contributed by atoms with van der Waals surface area (Å²) in [6.45, 7) is 0. The van der Waals surface area contributed by atoms with Gasteiger partial charge in [0.2, 0.25) is 0 Å². The fraction of sp³-hybridized carbons (Fsp3) is 0. The number of non-ortho nitro benzene ring substituents is 1. The van der Waals surface area contributed by atoms with Gasteiger partial charge in [-0.3, -0.25) is 25.5 Å². The van der Waals surface area contributed by atoms with E-state index in [0.29, 0.717) is 0 Å². The van der Waals surface area contributed by atoms with Crippen LogP contribution in [0, 0.1) is 20.2 Å². The van der Waals surface area contributed by atoms with Crippen molar-refractivity contribution in [2.75, 3.05) is 10.6 Å². The highest BCUT2D eigenvalue weighted by Crippen LogP contribution is 2.28. The normalized spacial score (nSPS) is 9.82. The van der Waals surface area contributed by atoms with E-state index < -0.39 is 27.3 Å². The van der Waals surface area contributed by atoms with Crippen LogP contribution in [0.15, 0.2) is 42.6 Å². The minimum atomic E-state index is -0.816. The predicted octanol–water partition coefficient (Wildman–Crippen LogP) is 2.54. The summed E-state index contributed by atoms with van der Waals surface area (Å²) in [7, 11) is 0. The summed E-state index contributed by atoms with van der Waals surface area (Å²) in [4.78, 5) is 35.6. The van der Waals surface area contributed by atoms with Crippen LogP contribution in [0.25, 0.3) is 0 Å². The Morgan fingerprint density at radius 2 is 1.82 bits per heavy atom. The molecular weight excluding hydrogens is 294 g/mol. The topological polar surface area (TPSA) is 140 Å². The number of hydrogen-bond acceptors (Lipinski definition) is 6. The van der Waals surface area contributed by atoms with Gasteiger partial charge in [0.15, 0.2) is 0 Å². The first-order valence-corrected chi connectivity index (χ1v) is 5.89. The third-order valence-electron chi connectivity index (χ3n) is 2.54. The van der Waals surface area contributed by atoms with Gasteiger partial charge in [-0.05, 0) is 18.2 Å². The Morgan fingerprint density at radius 3 is 2.41 bits per heavy atom. The van der Waals surface area contributed by atoms with Gasteiger partial charge in [-0.15, -0.1) is 0 Å². The van der Waals surface area contributed by atoms with E-state index in [4.69, 9.17) is 0 Å². The second kappa shape index (κ2) is 6.26. The number of nitro groups is 2. The maximum atomic E-state index is 11.8. The molecule has 0 radical (unpaired) electrons. The molecule has 0 atom stereocenters. The number of carbonyl (C=O) groups excluding carboxylic acids is 1. The molecular formula is C12H9N5O5. The summed E-state index contributed by atoms with van der Waals surface area (Å²) < 4.78 is 0. The Balaban J connectivity index is 2.20. The zero-order valence-corrected chi connectivity index (χ0v) is 10.9. The molecule has 0 saturated heterocycles. The highest BCUT2D eigenvalue weighted by atomic mass is 16.6. The highest BCUT2D eigenvalue weighted by molar-refractivity contribution is 6.00. The lowest BCUT2D eigenvalue weighted by Crippen LogP contribution is -2.20. The Labute approximate surface area is 123 Å². The van der Waals surface area contributed by atoms with Crippen LogP contribution in [-0.2, 0) is 0 Å². The molecule has 0 aliphatic heterocycles. The van der Waals surface area contributed by atoms with Crippen molar-refractivity contribution >= 4 is 28.9 Å². The Bertz CT molecular complexity index is 734. The quantitative estimate of drug-likeness (QED) is 0.656. The van der Waals surface area contributed by atoms with Gasteiger partial charge in [0, 0.05) is 12.3 Å². The number of benzene rings is 1. The van der Waals surface area contributed by atoms with Gasteiger partial charge in [-0.25, -0.2) is 9.78 Å². The number of pyridine rings is 1. The summed E-state index contributed by atoms with van der Waals surface area (Å²) in [6.07, 6.45) is 1.46. The monoisotopic (exact) mass is 303 g/mol. The number of anilines is 2. The van der Waals surface area contributed by atoms with Gasteiger partial charge >= 0.3 is 6.03 Å². The number of carbonyl (C=O) groups is 1. The van der Waals surface area contributed by atoms with Crippen molar-refractivity contribution in [3.63, 3.8) is 0 Å². The summed E-state index contributed by atoms with van der Waals surface area (Å²) in [6, 6.07) is 7.01. The minimum absolute atomic E-state index is 0.163. The average molecular weight is 303 g/mol. The van der Waals surface area contributed by atoms with Crippen LogP contribution in [0.3, 0.4) is 0 Å². The SMILES string of the molecule is O=C(Nc1ccccn1)Nc1ccc([N+](=O)[O-])cc1[N+](=O)[O-]. The van der Waals surface area contributed by atoms with Crippen molar-refractivity contribution in [2.45, 2.75) is 0 Å². The molecule has 22 heavy (non-hydrogen) atoms. The minimum Gasteiger partial charge on any atom is -0.302 e. The molecule has 2 aromatic rings. The van der Waals surface area contributed by atoms with Gasteiger partial charge in [0.25, 0.3) is 11.4 Å². The molecule has 2 N–H and O–H groups in total. The van der Waals surface area contributed by atoms with Gasteiger partial charge < -0.3 is 5.32 Å². The molecule has 0 unspecified atom stereocenters. The second-order valence-electron chi connectivity index (χ2n) is 4.01. The summed E-state index contributed by atoms with van der Waals surface area (Å²) >= 11 is 0. The molecule has 0 saturated carbocycles. The van der Waals surface area contributed by atoms with Gasteiger partial charge in [0.1, 0.15) is 11.5 Å². The first-order valence-electron chi connectivity index (χ1n) is 5.89. The molecule has 0 aliphatic rings. The van der Waals surface area contributed by atoms with E-state index in [1.165, 1.54) is 12.3 Å². The lowest BCUT2D eigenvalue weighted by atomic mass is 10.2. The maximum Gasteiger partial charge on any atom is 0.325 e. The molecule has 1 aromatic carbocycles. The number of nitrogens with zero attached hydrogens (tertiary/aromatic N) is 3. The lowest BCUT2D eigenvalue weighted by molar-refractivity contribution is -0.393. The Morgan fingerprint density at radius 1 is 1.05 bits per heavy atom. The number of amides is 2. The zero-order chi connectivity index (χ0) is 16.1.